The summed E-state index contributed by atoms with van der Waals surface area (Å²) in [7, 11) is 1.46. The molecule has 0 heterocycles. The first kappa shape index (κ1) is 13.0. The molecule has 0 bridgehead atoms. The van der Waals surface area contributed by atoms with Crippen LogP contribution >= 0.6 is 0 Å². The van der Waals surface area contributed by atoms with Gasteiger partial charge >= 0.3 is 5.97 Å². The van der Waals surface area contributed by atoms with Gasteiger partial charge in [-0.2, -0.15) is 0 Å². The molecule has 0 saturated heterocycles. The Hall–Kier alpha value is -2.08. The molecule has 0 aliphatic heterocycles. The summed E-state index contributed by atoms with van der Waals surface area (Å²) >= 11 is 0. The molecule has 0 aliphatic rings. The number of methoxy groups -OCH3 is 1. The first-order valence-electron chi connectivity index (χ1n) is 4.84. The first-order chi connectivity index (χ1) is 8.10. The van der Waals surface area contributed by atoms with E-state index in [2.05, 4.69) is 0 Å². The zero-order valence-corrected chi connectivity index (χ0v) is 9.16. The quantitative estimate of drug-likeness (QED) is 0.604. The monoisotopic (exact) mass is 239 g/mol. The molecule has 92 valence electrons. The van der Waals surface area contributed by atoms with E-state index in [9.17, 15) is 14.7 Å². The molecule has 6 nitrogen and oxygen atoms in total. The fourth-order valence-corrected chi connectivity index (χ4v) is 1.39. The van der Waals surface area contributed by atoms with E-state index in [4.69, 9.17) is 9.84 Å². The molecule has 3 N–H and O–H groups in total. The first-order valence-corrected chi connectivity index (χ1v) is 4.84. The number of rotatable bonds is 6. The molecule has 0 radical (unpaired) electrons. The van der Waals surface area contributed by atoms with E-state index in [1.165, 1.54) is 13.2 Å². The lowest BCUT2D eigenvalue weighted by Gasteiger charge is -2.18. The van der Waals surface area contributed by atoms with Gasteiger partial charge in [0.25, 0.3) is 0 Å². The summed E-state index contributed by atoms with van der Waals surface area (Å²) in [6, 6.07) is 4.96. The van der Waals surface area contributed by atoms with Gasteiger partial charge in [0.05, 0.1) is 7.11 Å². The number of ether oxygens (including phenoxy) is 1. The van der Waals surface area contributed by atoms with Crippen molar-refractivity contribution in [1.29, 1.82) is 0 Å². The molecule has 0 aliphatic carbocycles. The van der Waals surface area contributed by atoms with Crippen molar-refractivity contribution in [3.8, 4) is 5.75 Å². The summed E-state index contributed by atoms with van der Waals surface area (Å²) < 4.78 is 4.96. The lowest BCUT2D eigenvalue weighted by atomic mass is 10.0. The summed E-state index contributed by atoms with van der Waals surface area (Å²) in [4.78, 5) is 21.1. The number of aliphatic carboxylic acids is 1. The Morgan fingerprint density at radius 1 is 1.53 bits per heavy atom. The Labute approximate surface area is 97.8 Å². The average molecular weight is 239 g/mol. The summed E-state index contributed by atoms with van der Waals surface area (Å²) in [5.74, 6) is -0.816. The number of hydrogen-bond acceptors (Lipinski definition) is 4. The molecule has 0 aromatic heterocycles. The van der Waals surface area contributed by atoms with Crippen LogP contribution in [0.1, 0.15) is 11.7 Å². The molecule has 1 amide bonds. The largest absolute Gasteiger partial charge is 0.497 e. The number of benzene rings is 1. The molecular weight excluding hydrogens is 226 g/mol. The van der Waals surface area contributed by atoms with Crippen molar-refractivity contribution in [2.45, 2.75) is 12.1 Å². The van der Waals surface area contributed by atoms with Gasteiger partial charge in [-0.15, -0.1) is 0 Å². The second kappa shape index (κ2) is 5.86. The van der Waals surface area contributed by atoms with E-state index in [1.807, 2.05) is 5.32 Å². The van der Waals surface area contributed by atoms with E-state index in [0.29, 0.717) is 11.3 Å². The number of amides is 1. The number of carboxylic acids is 1. The Balaban J connectivity index is 2.95. The normalized spacial score (nSPS) is 13.5. The van der Waals surface area contributed by atoms with Crippen molar-refractivity contribution in [3.63, 3.8) is 0 Å². The number of aliphatic hydroxyl groups is 1. The highest BCUT2D eigenvalue weighted by molar-refractivity contribution is 5.77. The maximum Gasteiger partial charge on any atom is 0.329 e. The Bertz CT molecular complexity index is 407. The smallest absolute Gasteiger partial charge is 0.329 e. The molecule has 6 heteroatoms. The van der Waals surface area contributed by atoms with Gasteiger partial charge < -0.3 is 20.3 Å². The predicted molar refractivity (Wildman–Crippen MR) is 58.6 cm³/mol. The van der Waals surface area contributed by atoms with Gasteiger partial charge in [0.15, 0.2) is 6.04 Å². The molecule has 1 aromatic carbocycles. The van der Waals surface area contributed by atoms with Crippen LogP contribution in [0.15, 0.2) is 24.3 Å². The highest BCUT2D eigenvalue weighted by atomic mass is 16.5. The van der Waals surface area contributed by atoms with Crippen molar-refractivity contribution in [3.05, 3.63) is 29.8 Å². The third-order valence-corrected chi connectivity index (χ3v) is 2.26. The van der Waals surface area contributed by atoms with Crippen molar-refractivity contribution in [1.82, 2.24) is 5.32 Å². The van der Waals surface area contributed by atoms with Crippen molar-refractivity contribution in [2.75, 3.05) is 7.11 Å². The summed E-state index contributed by atoms with van der Waals surface area (Å²) in [5.41, 5.74) is 0.353. The predicted octanol–water partition coefficient (Wildman–Crippen LogP) is -0.0722. The second-order valence-electron chi connectivity index (χ2n) is 3.32. The number of carboxylic acid groups (broad SMARTS) is 1. The molecule has 0 spiro atoms. The van der Waals surface area contributed by atoms with Crippen LogP contribution in [0.5, 0.6) is 5.75 Å². The molecule has 17 heavy (non-hydrogen) atoms. The van der Waals surface area contributed by atoms with Gasteiger partial charge in [0.1, 0.15) is 11.9 Å². The second-order valence-corrected chi connectivity index (χ2v) is 3.32. The summed E-state index contributed by atoms with van der Waals surface area (Å²) in [5, 5.41) is 20.7. The number of carbonyl (C=O) groups is 2. The van der Waals surface area contributed by atoms with E-state index in [-0.39, 0.29) is 6.41 Å². The van der Waals surface area contributed by atoms with Gasteiger partial charge in [0, 0.05) is 0 Å². The molecule has 1 rings (SSSR count). The zero-order chi connectivity index (χ0) is 12.8. The number of nitrogens with one attached hydrogen (secondary N) is 1. The van der Waals surface area contributed by atoms with Crippen LogP contribution < -0.4 is 10.1 Å². The van der Waals surface area contributed by atoms with Crippen LogP contribution in [0.2, 0.25) is 0 Å². The maximum absolute atomic E-state index is 10.8. The number of hydrogen-bond donors (Lipinski definition) is 3. The molecule has 0 fully saturated rings. The van der Waals surface area contributed by atoms with Crippen molar-refractivity contribution in [2.24, 2.45) is 0 Å². The van der Waals surface area contributed by atoms with E-state index < -0.39 is 18.1 Å². The number of carbonyl (C=O) groups excluding carboxylic acids is 1. The fraction of sp³-hybridized carbons (Fsp3) is 0.273. The summed E-state index contributed by atoms with van der Waals surface area (Å²) in [6.45, 7) is 0. The van der Waals surface area contributed by atoms with Crippen LogP contribution in [0, 0.1) is 0 Å². The van der Waals surface area contributed by atoms with Gasteiger partial charge in [0.2, 0.25) is 6.41 Å². The molecule has 2 unspecified atom stereocenters. The van der Waals surface area contributed by atoms with Gasteiger partial charge in [-0.25, -0.2) is 4.79 Å². The highest BCUT2D eigenvalue weighted by Crippen LogP contribution is 2.21. The minimum atomic E-state index is -1.39. The van der Waals surface area contributed by atoms with Crippen LogP contribution in [-0.2, 0) is 9.59 Å². The minimum absolute atomic E-state index is 0.238. The average Bonchev–Trinajstić information content (AvgIpc) is 2.34. The Morgan fingerprint density at radius 2 is 2.24 bits per heavy atom. The highest BCUT2D eigenvalue weighted by Gasteiger charge is 2.27. The third-order valence-electron chi connectivity index (χ3n) is 2.26. The van der Waals surface area contributed by atoms with Crippen LogP contribution in [0.25, 0.3) is 0 Å². The van der Waals surface area contributed by atoms with Crippen molar-refractivity contribution >= 4 is 12.4 Å². The van der Waals surface area contributed by atoms with Gasteiger partial charge in [-0.05, 0) is 17.7 Å². The number of aliphatic hydroxyl groups excluding tert-OH is 1. The molecular formula is C11H13NO5. The third kappa shape index (κ3) is 3.18. The van der Waals surface area contributed by atoms with E-state index in [1.54, 1.807) is 18.2 Å². The molecule has 0 saturated carbocycles. The van der Waals surface area contributed by atoms with Crippen LogP contribution in [-0.4, -0.2) is 35.7 Å². The van der Waals surface area contributed by atoms with Crippen molar-refractivity contribution < 1.29 is 24.5 Å². The fourth-order valence-electron chi connectivity index (χ4n) is 1.39. The maximum atomic E-state index is 10.8. The Morgan fingerprint density at radius 3 is 2.76 bits per heavy atom. The summed E-state index contributed by atoms with van der Waals surface area (Å²) in [6.07, 6.45) is -1.10. The van der Waals surface area contributed by atoms with Crippen LogP contribution in [0.3, 0.4) is 0 Å². The standard InChI is InChI=1S/C11H13NO5/c1-17-8-4-2-3-7(5-8)10(14)9(11(15)16)12-6-13/h2-6,9-10,14H,1H3,(H,12,13)(H,15,16). The zero-order valence-electron chi connectivity index (χ0n) is 9.16. The van der Waals surface area contributed by atoms with Gasteiger partial charge in [-0.1, -0.05) is 12.1 Å². The SMILES string of the molecule is COc1cccc(C(O)C(NC=O)C(=O)O)c1. The minimum Gasteiger partial charge on any atom is -0.497 e. The van der Waals surface area contributed by atoms with E-state index >= 15 is 0 Å². The molecule has 1 aromatic rings. The lowest BCUT2D eigenvalue weighted by Crippen LogP contribution is -2.41. The molecule has 2 atom stereocenters. The van der Waals surface area contributed by atoms with Crippen LogP contribution in [0.4, 0.5) is 0 Å². The topological polar surface area (TPSA) is 95.9 Å². The van der Waals surface area contributed by atoms with Gasteiger partial charge in [-0.3, -0.25) is 4.79 Å². The lowest BCUT2D eigenvalue weighted by molar-refractivity contribution is -0.143. The van der Waals surface area contributed by atoms with E-state index in [0.717, 1.165) is 0 Å². The Kier molecular flexibility index (Phi) is 4.47.